The van der Waals surface area contributed by atoms with Crippen LogP contribution in [-0.4, -0.2) is 18.9 Å². The van der Waals surface area contributed by atoms with E-state index >= 15 is 0 Å². The first-order chi connectivity index (χ1) is 11.0. The Morgan fingerprint density at radius 1 is 1.13 bits per heavy atom. The van der Waals surface area contributed by atoms with Gasteiger partial charge < -0.3 is 10.6 Å². The molecule has 0 saturated carbocycles. The number of rotatable bonds is 4. The third-order valence-electron chi connectivity index (χ3n) is 3.01. The Morgan fingerprint density at radius 3 is 2.43 bits per heavy atom. The van der Waals surface area contributed by atoms with E-state index in [1.807, 2.05) is 0 Å². The number of carbonyl (C=O) groups is 2. The molecule has 0 aromatic heterocycles. The molecule has 2 N–H and O–H groups in total. The predicted molar refractivity (Wildman–Crippen MR) is 88.9 cm³/mol. The third-order valence-corrected chi connectivity index (χ3v) is 3.32. The Hall–Kier alpha value is -2.66. The number of carbonyl (C=O) groups excluding carboxylic acids is 2. The summed E-state index contributed by atoms with van der Waals surface area (Å²) in [5.41, 5.74) is 1.61. The first-order valence-corrected chi connectivity index (χ1v) is 7.13. The van der Waals surface area contributed by atoms with E-state index in [0.29, 0.717) is 11.3 Å². The molecule has 23 heavy (non-hydrogen) atoms. The van der Waals surface area contributed by atoms with Crippen LogP contribution in [0.2, 0.25) is 5.02 Å². The van der Waals surface area contributed by atoms with Crippen LogP contribution in [0.1, 0.15) is 15.9 Å². The standard InChI is InChI=1S/C17H14ClFN2O2/c1-20-17(23)12-5-2-11(3-6-12)4-9-16(22)21-13-7-8-14(18)15(19)10-13/h2-10H,1H3,(H,20,23)(H,21,22). The lowest BCUT2D eigenvalue weighted by Crippen LogP contribution is -2.17. The van der Waals surface area contributed by atoms with Gasteiger partial charge in [-0.25, -0.2) is 4.39 Å². The van der Waals surface area contributed by atoms with Crippen molar-refractivity contribution >= 4 is 35.2 Å². The summed E-state index contributed by atoms with van der Waals surface area (Å²) in [6, 6.07) is 10.8. The van der Waals surface area contributed by atoms with Crippen LogP contribution in [-0.2, 0) is 4.79 Å². The van der Waals surface area contributed by atoms with Crippen LogP contribution in [0.25, 0.3) is 6.08 Å². The molecule has 118 valence electrons. The molecular weight excluding hydrogens is 319 g/mol. The Bertz CT molecular complexity index is 758. The molecule has 0 saturated heterocycles. The van der Waals surface area contributed by atoms with Crippen molar-refractivity contribution in [3.8, 4) is 0 Å². The molecule has 0 aliphatic heterocycles. The minimum Gasteiger partial charge on any atom is -0.355 e. The fourth-order valence-corrected chi connectivity index (χ4v) is 1.94. The molecule has 2 aromatic carbocycles. The quantitative estimate of drug-likeness (QED) is 0.842. The highest BCUT2D eigenvalue weighted by Gasteiger charge is 2.04. The maximum absolute atomic E-state index is 13.3. The minimum absolute atomic E-state index is 0.00486. The Morgan fingerprint density at radius 2 is 1.83 bits per heavy atom. The number of benzene rings is 2. The van der Waals surface area contributed by atoms with E-state index in [4.69, 9.17) is 11.6 Å². The lowest BCUT2D eigenvalue weighted by molar-refractivity contribution is -0.111. The molecule has 4 nitrogen and oxygen atoms in total. The smallest absolute Gasteiger partial charge is 0.251 e. The van der Waals surface area contributed by atoms with Crippen LogP contribution in [0.5, 0.6) is 0 Å². The molecule has 2 rings (SSSR count). The zero-order valence-corrected chi connectivity index (χ0v) is 13.0. The summed E-state index contributed by atoms with van der Waals surface area (Å²) < 4.78 is 13.3. The Balaban J connectivity index is 2.00. The van der Waals surface area contributed by atoms with Crippen molar-refractivity contribution in [3.05, 3.63) is 70.5 Å². The number of halogens is 2. The van der Waals surface area contributed by atoms with Crippen LogP contribution >= 0.6 is 11.6 Å². The number of anilines is 1. The summed E-state index contributed by atoms with van der Waals surface area (Å²) in [6.45, 7) is 0. The molecule has 6 heteroatoms. The Labute approximate surface area is 138 Å². The highest BCUT2D eigenvalue weighted by Crippen LogP contribution is 2.18. The van der Waals surface area contributed by atoms with E-state index in [9.17, 15) is 14.0 Å². The van der Waals surface area contributed by atoms with E-state index < -0.39 is 11.7 Å². The highest BCUT2D eigenvalue weighted by atomic mass is 35.5. The van der Waals surface area contributed by atoms with E-state index in [1.54, 1.807) is 37.4 Å². The maximum atomic E-state index is 13.3. The maximum Gasteiger partial charge on any atom is 0.251 e. The van der Waals surface area contributed by atoms with Crippen molar-refractivity contribution in [2.24, 2.45) is 0 Å². The van der Waals surface area contributed by atoms with Crippen LogP contribution < -0.4 is 10.6 Å². The van der Waals surface area contributed by atoms with Gasteiger partial charge in [0.15, 0.2) is 0 Å². The summed E-state index contributed by atoms with van der Waals surface area (Å²) in [5.74, 6) is -1.18. The molecule has 0 spiro atoms. The van der Waals surface area contributed by atoms with E-state index in [0.717, 1.165) is 11.6 Å². The van der Waals surface area contributed by atoms with Crippen molar-refractivity contribution < 1.29 is 14.0 Å². The van der Waals surface area contributed by atoms with Gasteiger partial charge in [0.25, 0.3) is 5.91 Å². The first-order valence-electron chi connectivity index (χ1n) is 6.76. The van der Waals surface area contributed by atoms with Gasteiger partial charge in [-0.15, -0.1) is 0 Å². The van der Waals surface area contributed by atoms with Crippen molar-refractivity contribution in [3.63, 3.8) is 0 Å². The van der Waals surface area contributed by atoms with Gasteiger partial charge in [-0.2, -0.15) is 0 Å². The summed E-state index contributed by atoms with van der Waals surface area (Å²) in [6.07, 6.45) is 2.91. The van der Waals surface area contributed by atoms with Gasteiger partial charge in [-0.05, 0) is 42.0 Å². The zero-order chi connectivity index (χ0) is 16.8. The van der Waals surface area contributed by atoms with Gasteiger partial charge in [0, 0.05) is 24.4 Å². The monoisotopic (exact) mass is 332 g/mol. The van der Waals surface area contributed by atoms with Gasteiger partial charge in [-0.1, -0.05) is 23.7 Å². The summed E-state index contributed by atoms with van der Waals surface area (Å²) >= 11 is 5.57. The van der Waals surface area contributed by atoms with Crippen LogP contribution in [0.15, 0.2) is 48.5 Å². The number of hydrogen-bond donors (Lipinski definition) is 2. The largest absolute Gasteiger partial charge is 0.355 e. The lowest BCUT2D eigenvalue weighted by Gasteiger charge is -2.03. The molecule has 0 heterocycles. The van der Waals surface area contributed by atoms with Gasteiger partial charge in [0.1, 0.15) is 5.82 Å². The number of amides is 2. The number of nitrogens with one attached hydrogen (secondary N) is 2. The molecule has 0 unspecified atom stereocenters. The summed E-state index contributed by atoms with van der Waals surface area (Å²) in [7, 11) is 1.56. The topological polar surface area (TPSA) is 58.2 Å². The fraction of sp³-hybridized carbons (Fsp3) is 0.0588. The van der Waals surface area contributed by atoms with Crippen molar-refractivity contribution in [1.29, 1.82) is 0 Å². The molecule has 0 fully saturated rings. The minimum atomic E-state index is -0.599. The van der Waals surface area contributed by atoms with Gasteiger partial charge in [0.2, 0.25) is 5.91 Å². The van der Waals surface area contributed by atoms with E-state index in [2.05, 4.69) is 10.6 Å². The SMILES string of the molecule is CNC(=O)c1ccc(C=CC(=O)Nc2ccc(Cl)c(F)c2)cc1. The van der Waals surface area contributed by atoms with Crippen molar-refractivity contribution in [1.82, 2.24) is 5.32 Å². The van der Waals surface area contributed by atoms with Gasteiger partial charge in [0.05, 0.1) is 5.02 Å². The average molecular weight is 333 g/mol. The molecular formula is C17H14ClFN2O2. The second-order valence-electron chi connectivity index (χ2n) is 4.65. The molecule has 0 atom stereocenters. The van der Waals surface area contributed by atoms with Crippen LogP contribution in [0.4, 0.5) is 10.1 Å². The molecule has 2 aromatic rings. The zero-order valence-electron chi connectivity index (χ0n) is 12.3. The summed E-state index contributed by atoms with van der Waals surface area (Å²) in [4.78, 5) is 23.2. The second-order valence-corrected chi connectivity index (χ2v) is 5.06. The lowest BCUT2D eigenvalue weighted by atomic mass is 10.1. The molecule has 2 amide bonds. The highest BCUT2D eigenvalue weighted by molar-refractivity contribution is 6.30. The van der Waals surface area contributed by atoms with Crippen LogP contribution in [0.3, 0.4) is 0 Å². The molecule has 0 aliphatic carbocycles. The van der Waals surface area contributed by atoms with Crippen molar-refractivity contribution in [2.75, 3.05) is 12.4 Å². The van der Waals surface area contributed by atoms with Gasteiger partial charge >= 0.3 is 0 Å². The van der Waals surface area contributed by atoms with Crippen LogP contribution in [0, 0.1) is 5.82 Å². The van der Waals surface area contributed by atoms with E-state index in [-0.39, 0.29) is 10.9 Å². The average Bonchev–Trinajstić information content (AvgIpc) is 2.56. The van der Waals surface area contributed by atoms with E-state index in [1.165, 1.54) is 18.2 Å². The fourth-order valence-electron chi connectivity index (χ4n) is 1.82. The molecule has 0 aliphatic rings. The first kappa shape index (κ1) is 16.7. The predicted octanol–water partition coefficient (Wildman–Crippen LogP) is 3.49. The number of hydrogen-bond acceptors (Lipinski definition) is 2. The Kier molecular flexibility index (Phi) is 5.49. The molecule has 0 bridgehead atoms. The summed E-state index contributed by atoms with van der Waals surface area (Å²) in [5, 5.41) is 5.05. The van der Waals surface area contributed by atoms with Gasteiger partial charge in [-0.3, -0.25) is 9.59 Å². The second kappa shape index (κ2) is 7.56. The molecule has 0 radical (unpaired) electrons. The normalized spacial score (nSPS) is 10.6. The van der Waals surface area contributed by atoms with Crippen molar-refractivity contribution in [2.45, 2.75) is 0 Å². The third kappa shape index (κ3) is 4.66.